The molecule has 1 atom stereocenters. The molecule has 0 spiro atoms. The van der Waals surface area contributed by atoms with Crippen LogP contribution in [0.25, 0.3) is 0 Å². The number of anilines is 1. The Labute approximate surface area is 115 Å². The predicted molar refractivity (Wildman–Crippen MR) is 74.8 cm³/mol. The number of benzene rings is 2. The summed E-state index contributed by atoms with van der Waals surface area (Å²) in [5, 5.41) is 0.365. The number of nitrogen functional groups attached to an aromatic ring is 1. The van der Waals surface area contributed by atoms with E-state index in [1.165, 1.54) is 0 Å². The molecule has 0 saturated heterocycles. The third-order valence-electron chi connectivity index (χ3n) is 3.20. The number of carbonyl (C=O) groups excluding carboxylic acids is 1. The van der Waals surface area contributed by atoms with Crippen LogP contribution in [0.5, 0.6) is 5.75 Å². The van der Waals surface area contributed by atoms with E-state index in [-0.39, 0.29) is 5.78 Å². The number of halogens is 1. The first kappa shape index (κ1) is 12.1. The number of carbonyl (C=O) groups is 1. The summed E-state index contributed by atoms with van der Waals surface area (Å²) < 4.78 is 5.67. The first-order valence-electron chi connectivity index (χ1n) is 5.99. The van der Waals surface area contributed by atoms with Crippen LogP contribution in [0.1, 0.15) is 15.9 Å². The molecule has 0 aliphatic carbocycles. The van der Waals surface area contributed by atoms with E-state index >= 15 is 0 Å². The molecule has 2 N–H and O–H groups in total. The molecule has 0 bridgehead atoms. The molecule has 2 aromatic rings. The molecular weight excluding hydrogens is 262 g/mol. The maximum Gasteiger partial charge on any atom is 0.205 e. The molecule has 0 fully saturated rings. The minimum atomic E-state index is -0.501. The van der Waals surface area contributed by atoms with Gasteiger partial charge in [0.1, 0.15) is 5.75 Å². The second-order valence-corrected chi connectivity index (χ2v) is 4.93. The predicted octanol–water partition coefficient (Wildman–Crippen LogP) is 3.11. The number of hydrogen-bond donors (Lipinski definition) is 1. The first-order chi connectivity index (χ1) is 9.15. The van der Waals surface area contributed by atoms with Gasteiger partial charge in [0, 0.05) is 17.7 Å². The smallest absolute Gasteiger partial charge is 0.205 e. The Balaban J connectivity index is 1.87. The van der Waals surface area contributed by atoms with E-state index in [1.54, 1.807) is 18.2 Å². The third-order valence-corrected chi connectivity index (χ3v) is 3.51. The molecule has 0 amide bonds. The summed E-state index contributed by atoms with van der Waals surface area (Å²) >= 11 is 6.06. The molecule has 2 aromatic carbocycles. The van der Waals surface area contributed by atoms with E-state index in [0.717, 1.165) is 11.3 Å². The maximum atomic E-state index is 12.4. The lowest BCUT2D eigenvalue weighted by Crippen LogP contribution is -2.25. The fourth-order valence-corrected chi connectivity index (χ4v) is 2.52. The van der Waals surface area contributed by atoms with Crippen molar-refractivity contribution in [3.8, 4) is 5.75 Å². The van der Waals surface area contributed by atoms with Gasteiger partial charge in [0.15, 0.2) is 6.10 Å². The van der Waals surface area contributed by atoms with Crippen LogP contribution in [0.3, 0.4) is 0 Å². The Hall–Kier alpha value is -2.00. The first-order valence-corrected chi connectivity index (χ1v) is 6.37. The second kappa shape index (κ2) is 4.59. The van der Waals surface area contributed by atoms with E-state index in [4.69, 9.17) is 22.1 Å². The number of hydrogen-bond acceptors (Lipinski definition) is 3. The average Bonchev–Trinajstić information content (AvgIpc) is 2.81. The van der Waals surface area contributed by atoms with Gasteiger partial charge in [0.25, 0.3) is 0 Å². The molecule has 1 heterocycles. The molecule has 3 nitrogen and oxygen atoms in total. The molecule has 1 aliphatic heterocycles. The molecule has 3 rings (SSSR count). The number of rotatable bonds is 2. The minimum absolute atomic E-state index is 0.110. The normalized spacial score (nSPS) is 16.8. The van der Waals surface area contributed by atoms with Crippen molar-refractivity contribution in [1.29, 1.82) is 0 Å². The summed E-state index contributed by atoms with van der Waals surface area (Å²) in [5.41, 5.74) is 7.66. The van der Waals surface area contributed by atoms with Gasteiger partial charge < -0.3 is 10.5 Å². The van der Waals surface area contributed by atoms with Crippen LogP contribution in [0.2, 0.25) is 5.02 Å². The lowest BCUT2D eigenvalue weighted by molar-refractivity contribution is 0.0825. The number of nitrogens with two attached hydrogens (primary N) is 1. The Morgan fingerprint density at radius 2 is 2.05 bits per heavy atom. The van der Waals surface area contributed by atoms with Crippen LogP contribution in [-0.2, 0) is 6.42 Å². The molecule has 4 heteroatoms. The SMILES string of the molecule is Nc1ccc(C(=O)C2Cc3ccccc3O2)c(Cl)c1. The molecule has 0 radical (unpaired) electrons. The highest BCUT2D eigenvalue weighted by Gasteiger charge is 2.30. The monoisotopic (exact) mass is 273 g/mol. The number of para-hydroxylation sites is 1. The van der Waals surface area contributed by atoms with Gasteiger partial charge >= 0.3 is 0 Å². The number of Topliss-reactive ketones (excluding diaryl/α,β-unsaturated/α-hetero) is 1. The Kier molecular flexibility index (Phi) is 2.91. The van der Waals surface area contributed by atoms with Crippen molar-refractivity contribution in [2.24, 2.45) is 0 Å². The van der Waals surface area contributed by atoms with Gasteiger partial charge in [-0.15, -0.1) is 0 Å². The molecule has 19 heavy (non-hydrogen) atoms. The Bertz CT molecular complexity index is 629. The lowest BCUT2D eigenvalue weighted by Gasteiger charge is -2.11. The highest BCUT2D eigenvalue weighted by Crippen LogP contribution is 2.31. The fourth-order valence-electron chi connectivity index (χ4n) is 2.23. The van der Waals surface area contributed by atoms with E-state index in [0.29, 0.717) is 22.7 Å². The molecule has 1 aliphatic rings. The van der Waals surface area contributed by atoms with Gasteiger partial charge in [-0.2, -0.15) is 0 Å². The summed E-state index contributed by atoms with van der Waals surface area (Å²) in [6.07, 6.45) is 0.0777. The van der Waals surface area contributed by atoms with E-state index in [2.05, 4.69) is 0 Å². The van der Waals surface area contributed by atoms with Gasteiger partial charge in [0.05, 0.1) is 5.02 Å². The summed E-state index contributed by atoms with van der Waals surface area (Å²) in [6, 6.07) is 12.6. The van der Waals surface area contributed by atoms with Gasteiger partial charge in [0.2, 0.25) is 5.78 Å². The standard InChI is InChI=1S/C15H12ClNO2/c16-12-8-10(17)5-6-11(12)15(18)14-7-9-3-1-2-4-13(9)19-14/h1-6,8,14H,7,17H2. The lowest BCUT2D eigenvalue weighted by atomic mass is 10.0. The van der Waals surface area contributed by atoms with Crippen molar-refractivity contribution >= 4 is 23.1 Å². The number of fused-ring (bicyclic) bond motifs is 1. The molecular formula is C15H12ClNO2. The van der Waals surface area contributed by atoms with Crippen LogP contribution in [0.4, 0.5) is 5.69 Å². The molecule has 96 valence electrons. The van der Waals surface area contributed by atoms with Crippen molar-refractivity contribution in [3.63, 3.8) is 0 Å². The molecule has 0 aromatic heterocycles. The Morgan fingerprint density at radius 3 is 2.79 bits per heavy atom. The van der Waals surface area contributed by atoms with Gasteiger partial charge in [-0.1, -0.05) is 29.8 Å². The van der Waals surface area contributed by atoms with Crippen molar-refractivity contribution in [2.75, 3.05) is 5.73 Å². The zero-order valence-electron chi connectivity index (χ0n) is 10.1. The van der Waals surface area contributed by atoms with E-state index in [9.17, 15) is 4.79 Å². The van der Waals surface area contributed by atoms with E-state index < -0.39 is 6.10 Å². The quantitative estimate of drug-likeness (QED) is 0.676. The minimum Gasteiger partial charge on any atom is -0.482 e. The fraction of sp³-hybridized carbons (Fsp3) is 0.133. The van der Waals surface area contributed by atoms with E-state index in [1.807, 2.05) is 24.3 Å². The van der Waals surface area contributed by atoms with Crippen LogP contribution < -0.4 is 10.5 Å². The van der Waals surface area contributed by atoms with Crippen LogP contribution >= 0.6 is 11.6 Å². The summed E-state index contributed by atoms with van der Waals surface area (Å²) in [4.78, 5) is 12.4. The summed E-state index contributed by atoms with van der Waals surface area (Å²) in [6.45, 7) is 0. The van der Waals surface area contributed by atoms with Gasteiger partial charge in [-0.3, -0.25) is 4.79 Å². The van der Waals surface area contributed by atoms with Crippen LogP contribution in [0.15, 0.2) is 42.5 Å². The van der Waals surface area contributed by atoms with Crippen molar-refractivity contribution in [3.05, 3.63) is 58.6 Å². The third kappa shape index (κ3) is 2.17. The van der Waals surface area contributed by atoms with Crippen molar-refractivity contribution in [2.45, 2.75) is 12.5 Å². The van der Waals surface area contributed by atoms with Crippen molar-refractivity contribution in [1.82, 2.24) is 0 Å². The largest absolute Gasteiger partial charge is 0.482 e. The topological polar surface area (TPSA) is 52.3 Å². The number of ether oxygens (including phenoxy) is 1. The molecule has 0 saturated carbocycles. The summed E-state index contributed by atoms with van der Waals surface area (Å²) in [7, 11) is 0. The zero-order chi connectivity index (χ0) is 13.4. The van der Waals surface area contributed by atoms with Crippen molar-refractivity contribution < 1.29 is 9.53 Å². The van der Waals surface area contributed by atoms with Crippen LogP contribution in [-0.4, -0.2) is 11.9 Å². The highest BCUT2D eigenvalue weighted by molar-refractivity contribution is 6.34. The van der Waals surface area contributed by atoms with Gasteiger partial charge in [-0.05, 0) is 29.8 Å². The van der Waals surface area contributed by atoms with Crippen LogP contribution in [0, 0.1) is 0 Å². The zero-order valence-corrected chi connectivity index (χ0v) is 10.9. The average molecular weight is 274 g/mol. The summed E-state index contributed by atoms with van der Waals surface area (Å²) in [5.74, 6) is 0.661. The maximum absolute atomic E-state index is 12.4. The van der Waals surface area contributed by atoms with Gasteiger partial charge in [-0.25, -0.2) is 0 Å². The Morgan fingerprint density at radius 1 is 1.26 bits per heavy atom. The number of ketones is 1. The second-order valence-electron chi connectivity index (χ2n) is 4.52. The molecule has 1 unspecified atom stereocenters. The highest BCUT2D eigenvalue weighted by atomic mass is 35.5.